The Morgan fingerprint density at radius 1 is 1.31 bits per heavy atom. The van der Waals surface area contributed by atoms with Gasteiger partial charge in [0, 0.05) is 30.9 Å². The van der Waals surface area contributed by atoms with Crippen molar-refractivity contribution in [2.75, 3.05) is 23.3 Å². The summed E-state index contributed by atoms with van der Waals surface area (Å²) >= 11 is 0. The molecule has 0 spiro atoms. The molecule has 0 amide bonds. The van der Waals surface area contributed by atoms with Gasteiger partial charge in [0.25, 0.3) is 5.56 Å². The van der Waals surface area contributed by atoms with Crippen molar-refractivity contribution in [2.45, 2.75) is 26.3 Å². The predicted octanol–water partition coefficient (Wildman–Crippen LogP) is 2.34. The molecule has 4 heterocycles. The van der Waals surface area contributed by atoms with Gasteiger partial charge in [-0.05, 0) is 31.9 Å². The first-order valence-corrected chi connectivity index (χ1v) is 8.65. The third-order valence-corrected chi connectivity index (χ3v) is 4.38. The number of hydrogen-bond donors (Lipinski definition) is 2. The molecule has 0 aromatic carbocycles. The minimum absolute atomic E-state index is 0.236. The minimum atomic E-state index is -0.236. The summed E-state index contributed by atoms with van der Waals surface area (Å²) < 4.78 is 5.27. The second-order valence-electron chi connectivity index (χ2n) is 6.28. The first kappa shape index (κ1) is 16.3. The van der Waals surface area contributed by atoms with E-state index in [1.807, 2.05) is 19.1 Å². The van der Waals surface area contributed by atoms with E-state index in [1.165, 1.54) is 18.9 Å². The van der Waals surface area contributed by atoms with Crippen LogP contribution in [0, 0.1) is 6.92 Å². The summed E-state index contributed by atoms with van der Waals surface area (Å²) in [7, 11) is 0. The van der Waals surface area contributed by atoms with Crippen molar-refractivity contribution in [3.8, 4) is 11.3 Å². The zero-order valence-electron chi connectivity index (χ0n) is 14.5. The molecule has 4 rings (SSSR count). The van der Waals surface area contributed by atoms with Gasteiger partial charge < -0.3 is 14.6 Å². The third kappa shape index (κ3) is 3.44. The maximum atomic E-state index is 12.0. The Hall–Kier alpha value is -3.16. The van der Waals surface area contributed by atoms with Gasteiger partial charge in [0.15, 0.2) is 0 Å². The molecular weight excluding hydrogens is 332 g/mol. The van der Waals surface area contributed by atoms with Crippen molar-refractivity contribution < 1.29 is 4.42 Å². The molecule has 3 aromatic heterocycles. The van der Waals surface area contributed by atoms with Crippen molar-refractivity contribution in [3.63, 3.8) is 0 Å². The number of rotatable bonds is 5. The van der Waals surface area contributed by atoms with Crippen molar-refractivity contribution in [1.82, 2.24) is 19.9 Å². The molecule has 0 bridgehead atoms. The van der Waals surface area contributed by atoms with Gasteiger partial charge in [0.1, 0.15) is 5.76 Å². The van der Waals surface area contributed by atoms with E-state index in [9.17, 15) is 4.79 Å². The van der Waals surface area contributed by atoms with Crippen molar-refractivity contribution in [1.29, 1.82) is 0 Å². The lowest BCUT2D eigenvalue weighted by Gasteiger charge is -2.16. The SMILES string of the molecule is Cc1nc(N2CCCC2)ncc1-c1cc(=O)[nH]c(NCc2ccco2)n1. The quantitative estimate of drug-likeness (QED) is 0.727. The van der Waals surface area contributed by atoms with Crippen LogP contribution in [-0.4, -0.2) is 33.0 Å². The fourth-order valence-corrected chi connectivity index (χ4v) is 3.04. The summed E-state index contributed by atoms with van der Waals surface area (Å²) in [6, 6.07) is 5.12. The van der Waals surface area contributed by atoms with Crippen LogP contribution in [0.3, 0.4) is 0 Å². The van der Waals surface area contributed by atoms with E-state index < -0.39 is 0 Å². The number of aromatic nitrogens is 4. The highest BCUT2D eigenvalue weighted by atomic mass is 16.3. The Balaban J connectivity index is 1.59. The Morgan fingerprint density at radius 2 is 2.15 bits per heavy atom. The molecule has 3 aromatic rings. The molecule has 0 unspecified atom stereocenters. The summed E-state index contributed by atoms with van der Waals surface area (Å²) in [6.45, 7) is 4.32. The second kappa shape index (κ2) is 6.99. The van der Waals surface area contributed by atoms with E-state index in [0.29, 0.717) is 18.2 Å². The van der Waals surface area contributed by atoms with Gasteiger partial charge in [0.2, 0.25) is 11.9 Å². The molecular formula is C18H20N6O2. The molecule has 1 aliphatic rings. The number of nitrogens with zero attached hydrogens (tertiary/aromatic N) is 4. The number of furan rings is 1. The van der Waals surface area contributed by atoms with Crippen LogP contribution in [-0.2, 0) is 6.54 Å². The second-order valence-corrected chi connectivity index (χ2v) is 6.28. The number of nitrogens with one attached hydrogen (secondary N) is 2. The van der Waals surface area contributed by atoms with E-state index >= 15 is 0 Å². The Kier molecular flexibility index (Phi) is 4.39. The fraction of sp³-hybridized carbons (Fsp3) is 0.333. The molecule has 8 heteroatoms. The van der Waals surface area contributed by atoms with Crippen LogP contribution in [0.2, 0.25) is 0 Å². The third-order valence-electron chi connectivity index (χ3n) is 4.38. The van der Waals surface area contributed by atoms with E-state index in [2.05, 4.69) is 30.2 Å². The summed E-state index contributed by atoms with van der Waals surface area (Å²) in [5.74, 6) is 1.88. The minimum Gasteiger partial charge on any atom is -0.467 e. The zero-order valence-corrected chi connectivity index (χ0v) is 14.5. The van der Waals surface area contributed by atoms with Gasteiger partial charge in [-0.25, -0.2) is 15.0 Å². The van der Waals surface area contributed by atoms with Gasteiger partial charge >= 0.3 is 0 Å². The highest BCUT2D eigenvalue weighted by molar-refractivity contribution is 5.62. The van der Waals surface area contributed by atoms with Crippen LogP contribution < -0.4 is 15.8 Å². The van der Waals surface area contributed by atoms with E-state index in [4.69, 9.17) is 4.42 Å². The molecule has 8 nitrogen and oxygen atoms in total. The molecule has 1 fully saturated rings. The first-order chi connectivity index (χ1) is 12.7. The van der Waals surface area contributed by atoms with Gasteiger partial charge in [-0.1, -0.05) is 0 Å². The average molecular weight is 352 g/mol. The summed E-state index contributed by atoms with van der Waals surface area (Å²) in [4.78, 5) is 30.5. The summed E-state index contributed by atoms with van der Waals surface area (Å²) in [5, 5.41) is 3.06. The Labute approximate surface area is 150 Å². The standard InChI is InChI=1S/C18H20N6O2/c1-12-14(11-20-18(21-12)24-6-2-3-7-24)15-9-16(25)23-17(22-15)19-10-13-5-4-8-26-13/h4-5,8-9,11H,2-3,6-7,10H2,1H3,(H2,19,22,23,25). The van der Waals surface area contributed by atoms with E-state index in [-0.39, 0.29) is 5.56 Å². The number of anilines is 2. The number of H-pyrrole nitrogens is 1. The van der Waals surface area contributed by atoms with Gasteiger partial charge in [-0.3, -0.25) is 9.78 Å². The van der Waals surface area contributed by atoms with E-state index in [1.54, 1.807) is 12.5 Å². The van der Waals surface area contributed by atoms with Crippen molar-refractivity contribution in [3.05, 3.63) is 52.5 Å². The molecule has 0 atom stereocenters. The highest BCUT2D eigenvalue weighted by Crippen LogP contribution is 2.22. The predicted molar refractivity (Wildman–Crippen MR) is 98.1 cm³/mol. The number of aryl methyl sites for hydroxylation is 1. The molecule has 0 radical (unpaired) electrons. The van der Waals surface area contributed by atoms with Crippen LogP contribution >= 0.6 is 0 Å². The van der Waals surface area contributed by atoms with Gasteiger partial charge in [-0.2, -0.15) is 0 Å². The molecule has 26 heavy (non-hydrogen) atoms. The molecule has 0 aliphatic carbocycles. The van der Waals surface area contributed by atoms with Crippen LogP contribution in [0.15, 0.2) is 39.9 Å². The zero-order chi connectivity index (χ0) is 17.9. The summed E-state index contributed by atoms with van der Waals surface area (Å²) in [6.07, 6.45) is 5.69. The smallest absolute Gasteiger partial charge is 0.252 e. The Morgan fingerprint density at radius 3 is 2.88 bits per heavy atom. The van der Waals surface area contributed by atoms with E-state index in [0.717, 1.165) is 36.1 Å². The van der Waals surface area contributed by atoms with Crippen molar-refractivity contribution in [2.24, 2.45) is 0 Å². The molecule has 2 N–H and O–H groups in total. The lowest BCUT2D eigenvalue weighted by Crippen LogP contribution is -2.21. The lowest BCUT2D eigenvalue weighted by molar-refractivity contribution is 0.517. The maximum Gasteiger partial charge on any atom is 0.252 e. The first-order valence-electron chi connectivity index (χ1n) is 8.65. The van der Waals surface area contributed by atoms with Crippen LogP contribution in [0.1, 0.15) is 24.3 Å². The molecule has 0 saturated carbocycles. The molecule has 1 saturated heterocycles. The maximum absolute atomic E-state index is 12.0. The van der Waals surface area contributed by atoms with Crippen LogP contribution in [0.25, 0.3) is 11.3 Å². The van der Waals surface area contributed by atoms with Crippen molar-refractivity contribution >= 4 is 11.9 Å². The van der Waals surface area contributed by atoms with Crippen LogP contribution in [0.5, 0.6) is 0 Å². The largest absolute Gasteiger partial charge is 0.467 e. The van der Waals surface area contributed by atoms with Gasteiger partial charge in [-0.15, -0.1) is 0 Å². The molecule has 134 valence electrons. The topological polar surface area (TPSA) is 99.9 Å². The monoisotopic (exact) mass is 352 g/mol. The average Bonchev–Trinajstić information content (AvgIpc) is 3.33. The number of aromatic amines is 1. The lowest BCUT2D eigenvalue weighted by atomic mass is 10.2. The summed E-state index contributed by atoms with van der Waals surface area (Å²) in [5.41, 5.74) is 1.86. The normalized spacial score (nSPS) is 14.0. The Bertz CT molecular complexity index is 945. The number of hydrogen-bond acceptors (Lipinski definition) is 7. The molecule has 1 aliphatic heterocycles. The highest BCUT2D eigenvalue weighted by Gasteiger charge is 2.17. The van der Waals surface area contributed by atoms with Crippen LogP contribution in [0.4, 0.5) is 11.9 Å². The van der Waals surface area contributed by atoms with Gasteiger partial charge in [0.05, 0.1) is 24.2 Å². The fourth-order valence-electron chi connectivity index (χ4n) is 3.04.